The highest BCUT2D eigenvalue weighted by molar-refractivity contribution is 6.32. The number of carbonyl (C=O) groups is 1. The molecule has 0 bridgehead atoms. The Morgan fingerprint density at radius 1 is 1.36 bits per heavy atom. The molecule has 1 amide bonds. The summed E-state index contributed by atoms with van der Waals surface area (Å²) in [6, 6.07) is 5.01. The third kappa shape index (κ3) is 6.22. The fourth-order valence-electron chi connectivity index (χ4n) is 1.48. The smallest absolute Gasteiger partial charge is 0.428 e. The average molecular weight is 328 g/mol. The summed E-state index contributed by atoms with van der Waals surface area (Å²) in [5.41, 5.74) is 8.05. The van der Waals surface area contributed by atoms with Crippen LogP contribution in [0.5, 0.6) is 5.75 Å². The largest absolute Gasteiger partial charge is 0.489 e. The monoisotopic (exact) mass is 327 g/mol. The molecule has 0 saturated carbocycles. The van der Waals surface area contributed by atoms with Crippen LogP contribution in [0.15, 0.2) is 23.3 Å². The summed E-state index contributed by atoms with van der Waals surface area (Å²) in [7, 11) is 0. The van der Waals surface area contributed by atoms with E-state index in [4.69, 9.17) is 26.8 Å². The normalized spacial score (nSPS) is 12.2. The Bertz CT molecular complexity index is 566. The van der Waals surface area contributed by atoms with Crippen LogP contribution in [-0.2, 0) is 4.74 Å². The minimum atomic E-state index is -0.678. The fourth-order valence-corrected chi connectivity index (χ4v) is 1.64. The van der Waals surface area contributed by atoms with E-state index in [2.05, 4.69) is 10.5 Å². The second-order valence-electron chi connectivity index (χ2n) is 5.92. The zero-order chi connectivity index (χ0) is 16.9. The summed E-state index contributed by atoms with van der Waals surface area (Å²) in [5.74, 6) is 0.626. The van der Waals surface area contributed by atoms with Gasteiger partial charge in [0.25, 0.3) is 0 Å². The number of amides is 1. The van der Waals surface area contributed by atoms with Crippen molar-refractivity contribution in [2.45, 2.75) is 46.3 Å². The molecule has 22 heavy (non-hydrogen) atoms. The van der Waals surface area contributed by atoms with Crippen LogP contribution in [-0.4, -0.2) is 23.6 Å². The van der Waals surface area contributed by atoms with E-state index in [1.54, 1.807) is 39.0 Å². The van der Waals surface area contributed by atoms with Crippen LogP contribution in [0.3, 0.4) is 0 Å². The number of nitrogens with two attached hydrogens (primary N) is 1. The van der Waals surface area contributed by atoms with E-state index >= 15 is 0 Å². The van der Waals surface area contributed by atoms with Gasteiger partial charge < -0.3 is 15.2 Å². The fraction of sp³-hybridized carbons (Fsp3) is 0.467. The molecule has 0 aliphatic heterocycles. The Labute approximate surface area is 135 Å². The SMILES string of the molecule is CC(C)Oc1cc(C(N)=NNC(=O)OC(C)(C)C)ccc1Cl. The zero-order valence-electron chi connectivity index (χ0n) is 13.4. The van der Waals surface area contributed by atoms with Crippen molar-refractivity contribution >= 4 is 23.5 Å². The maximum atomic E-state index is 11.5. The van der Waals surface area contributed by atoms with E-state index in [0.717, 1.165) is 0 Å². The van der Waals surface area contributed by atoms with Crippen LogP contribution in [0.1, 0.15) is 40.2 Å². The Kier molecular flexibility index (Phi) is 6.05. The van der Waals surface area contributed by atoms with Crippen LogP contribution in [0.4, 0.5) is 4.79 Å². The predicted molar refractivity (Wildman–Crippen MR) is 87.3 cm³/mol. The first-order valence-corrected chi connectivity index (χ1v) is 7.25. The van der Waals surface area contributed by atoms with E-state index < -0.39 is 11.7 Å². The second kappa shape index (κ2) is 7.35. The van der Waals surface area contributed by atoms with E-state index in [1.807, 2.05) is 13.8 Å². The lowest BCUT2D eigenvalue weighted by Crippen LogP contribution is -2.31. The molecule has 0 radical (unpaired) electrons. The molecule has 1 aromatic rings. The van der Waals surface area contributed by atoms with Gasteiger partial charge in [-0.15, -0.1) is 0 Å². The van der Waals surface area contributed by atoms with Crippen LogP contribution >= 0.6 is 11.6 Å². The number of hydrazone groups is 1. The second-order valence-corrected chi connectivity index (χ2v) is 6.33. The Morgan fingerprint density at radius 3 is 2.55 bits per heavy atom. The number of carbonyl (C=O) groups excluding carboxylic acids is 1. The number of halogens is 1. The summed E-state index contributed by atoms with van der Waals surface area (Å²) in [5, 5.41) is 4.28. The quantitative estimate of drug-likeness (QED) is 0.505. The standard InChI is InChI=1S/C15H22ClN3O3/c1-9(2)21-12-8-10(6-7-11(12)16)13(17)18-19-14(20)22-15(3,4)5/h6-9H,1-5H3,(H2,17,18)(H,19,20). The number of nitrogens with one attached hydrogen (secondary N) is 1. The summed E-state index contributed by atoms with van der Waals surface area (Å²) >= 11 is 6.05. The predicted octanol–water partition coefficient (Wildman–Crippen LogP) is 3.27. The van der Waals surface area contributed by atoms with Gasteiger partial charge in [-0.05, 0) is 52.8 Å². The molecule has 1 rings (SSSR count). The van der Waals surface area contributed by atoms with Gasteiger partial charge >= 0.3 is 6.09 Å². The number of amidine groups is 1. The van der Waals surface area contributed by atoms with E-state index in [-0.39, 0.29) is 11.9 Å². The van der Waals surface area contributed by atoms with Crippen molar-refractivity contribution in [2.75, 3.05) is 0 Å². The summed E-state index contributed by atoms with van der Waals surface area (Å²) in [6.07, 6.45) is -0.700. The first-order valence-electron chi connectivity index (χ1n) is 6.87. The molecule has 0 saturated heterocycles. The van der Waals surface area contributed by atoms with Gasteiger partial charge in [-0.2, -0.15) is 5.10 Å². The third-order valence-electron chi connectivity index (χ3n) is 2.26. The van der Waals surface area contributed by atoms with Crippen molar-refractivity contribution in [2.24, 2.45) is 10.8 Å². The molecule has 0 unspecified atom stereocenters. The van der Waals surface area contributed by atoms with Gasteiger partial charge in [0.2, 0.25) is 0 Å². The van der Waals surface area contributed by atoms with Crippen LogP contribution in [0, 0.1) is 0 Å². The Balaban J connectivity index is 2.82. The highest BCUT2D eigenvalue weighted by atomic mass is 35.5. The molecule has 0 atom stereocenters. The Hall–Kier alpha value is -1.95. The number of hydrogen-bond acceptors (Lipinski definition) is 4. The molecule has 7 heteroatoms. The lowest BCUT2D eigenvalue weighted by Gasteiger charge is -2.18. The van der Waals surface area contributed by atoms with Crippen molar-refractivity contribution in [1.29, 1.82) is 0 Å². The van der Waals surface area contributed by atoms with Gasteiger partial charge in [-0.3, -0.25) is 0 Å². The Morgan fingerprint density at radius 2 is 2.00 bits per heavy atom. The van der Waals surface area contributed by atoms with Gasteiger partial charge in [0, 0.05) is 5.56 Å². The summed E-state index contributed by atoms with van der Waals surface area (Å²) < 4.78 is 10.6. The van der Waals surface area contributed by atoms with Crippen molar-refractivity contribution in [3.8, 4) is 5.75 Å². The number of benzene rings is 1. The first-order chi connectivity index (χ1) is 10.1. The molecule has 0 fully saturated rings. The molecule has 0 aliphatic carbocycles. The molecule has 3 N–H and O–H groups in total. The highest BCUT2D eigenvalue weighted by Crippen LogP contribution is 2.26. The molecule has 0 heterocycles. The van der Waals surface area contributed by atoms with Gasteiger partial charge in [0.1, 0.15) is 11.4 Å². The summed E-state index contributed by atoms with van der Waals surface area (Å²) in [4.78, 5) is 11.5. The third-order valence-corrected chi connectivity index (χ3v) is 2.57. The zero-order valence-corrected chi connectivity index (χ0v) is 14.2. The van der Waals surface area contributed by atoms with E-state index in [1.165, 1.54) is 0 Å². The molecule has 0 aromatic heterocycles. The minimum Gasteiger partial charge on any atom is -0.489 e. The van der Waals surface area contributed by atoms with Crippen molar-refractivity contribution < 1.29 is 14.3 Å². The maximum absolute atomic E-state index is 11.5. The minimum absolute atomic E-state index is 0.0224. The molecule has 1 aromatic carbocycles. The maximum Gasteiger partial charge on any atom is 0.428 e. The van der Waals surface area contributed by atoms with Gasteiger partial charge in [0.15, 0.2) is 5.84 Å². The van der Waals surface area contributed by atoms with Gasteiger partial charge in [0.05, 0.1) is 11.1 Å². The van der Waals surface area contributed by atoms with Crippen LogP contribution in [0.2, 0.25) is 5.02 Å². The summed E-state index contributed by atoms with van der Waals surface area (Å²) in [6.45, 7) is 9.06. The highest BCUT2D eigenvalue weighted by Gasteiger charge is 2.16. The lowest BCUT2D eigenvalue weighted by atomic mass is 10.2. The molecule has 0 spiro atoms. The topological polar surface area (TPSA) is 85.9 Å². The van der Waals surface area contributed by atoms with E-state index in [0.29, 0.717) is 16.3 Å². The lowest BCUT2D eigenvalue weighted by molar-refractivity contribution is 0.0529. The molecule has 0 aliphatic rings. The van der Waals surface area contributed by atoms with Crippen LogP contribution in [0.25, 0.3) is 0 Å². The van der Waals surface area contributed by atoms with Crippen molar-refractivity contribution in [1.82, 2.24) is 5.43 Å². The van der Waals surface area contributed by atoms with Gasteiger partial charge in [-0.1, -0.05) is 11.6 Å². The number of nitrogens with zero attached hydrogens (tertiary/aromatic N) is 1. The molecule has 6 nitrogen and oxygen atoms in total. The molecular formula is C15H22ClN3O3. The molecule has 122 valence electrons. The number of ether oxygens (including phenoxy) is 2. The van der Waals surface area contributed by atoms with Gasteiger partial charge in [-0.25, -0.2) is 10.2 Å². The number of rotatable bonds is 4. The van der Waals surface area contributed by atoms with Crippen molar-refractivity contribution in [3.63, 3.8) is 0 Å². The van der Waals surface area contributed by atoms with Crippen LogP contribution < -0.4 is 15.9 Å². The van der Waals surface area contributed by atoms with Crippen molar-refractivity contribution in [3.05, 3.63) is 28.8 Å². The number of hydrogen-bond donors (Lipinski definition) is 2. The average Bonchev–Trinajstić information content (AvgIpc) is 2.36. The first kappa shape index (κ1) is 18.1. The molecular weight excluding hydrogens is 306 g/mol. The van der Waals surface area contributed by atoms with E-state index in [9.17, 15) is 4.79 Å².